The van der Waals surface area contributed by atoms with Crippen molar-refractivity contribution in [3.63, 3.8) is 0 Å². The van der Waals surface area contributed by atoms with Gasteiger partial charge in [-0.2, -0.15) is 9.78 Å². The topological polar surface area (TPSA) is 85.6 Å². The normalized spacial score (nSPS) is 11.2. The van der Waals surface area contributed by atoms with E-state index in [-0.39, 0.29) is 18.1 Å². The summed E-state index contributed by atoms with van der Waals surface area (Å²) in [4.78, 5) is 30.2. The summed E-state index contributed by atoms with van der Waals surface area (Å²) in [5.74, 6) is 0.550. The second-order valence-electron chi connectivity index (χ2n) is 7.91. The van der Waals surface area contributed by atoms with Gasteiger partial charge in [0.2, 0.25) is 0 Å². The third-order valence-electron chi connectivity index (χ3n) is 5.22. The van der Waals surface area contributed by atoms with Crippen LogP contribution in [0.5, 0.6) is 5.75 Å². The van der Waals surface area contributed by atoms with Gasteiger partial charge in [0.05, 0.1) is 21.6 Å². The third kappa shape index (κ3) is 6.03. The highest BCUT2D eigenvalue weighted by Gasteiger charge is 2.14. The van der Waals surface area contributed by atoms with E-state index in [4.69, 9.17) is 16.3 Å². The van der Waals surface area contributed by atoms with Crippen LogP contribution >= 0.6 is 43.5 Å². The van der Waals surface area contributed by atoms with Gasteiger partial charge in [0.1, 0.15) is 11.6 Å². The molecule has 1 heterocycles. The Kier molecular flexibility index (Phi) is 8.23. The molecule has 0 saturated carbocycles. The molecule has 36 heavy (non-hydrogen) atoms. The van der Waals surface area contributed by atoms with E-state index in [1.807, 2.05) is 44.2 Å². The average Bonchev–Trinajstić information content (AvgIpc) is 2.84. The molecule has 0 aliphatic rings. The molecule has 4 aromatic rings. The zero-order valence-electron chi connectivity index (χ0n) is 19.4. The van der Waals surface area contributed by atoms with Crippen molar-refractivity contribution in [3.8, 4) is 5.75 Å². The van der Waals surface area contributed by atoms with Crippen molar-refractivity contribution in [1.29, 1.82) is 0 Å². The average molecular weight is 633 g/mol. The maximum atomic E-state index is 13.2. The minimum Gasteiger partial charge on any atom is -0.482 e. The van der Waals surface area contributed by atoms with Crippen molar-refractivity contribution in [2.75, 3.05) is 11.9 Å². The van der Waals surface area contributed by atoms with Crippen LogP contribution in [0, 0.1) is 6.92 Å². The lowest BCUT2D eigenvalue weighted by Crippen LogP contribution is -2.22. The van der Waals surface area contributed by atoms with Gasteiger partial charge in [-0.3, -0.25) is 9.59 Å². The van der Waals surface area contributed by atoms with Crippen LogP contribution in [0.2, 0.25) is 5.02 Å². The van der Waals surface area contributed by atoms with Gasteiger partial charge in [-0.15, -0.1) is 0 Å². The highest BCUT2D eigenvalue weighted by Crippen LogP contribution is 2.32. The van der Waals surface area contributed by atoms with Gasteiger partial charge in [0.15, 0.2) is 6.61 Å². The Balaban J connectivity index is 1.63. The summed E-state index contributed by atoms with van der Waals surface area (Å²) in [5.41, 5.74) is 2.56. The van der Waals surface area contributed by atoms with E-state index >= 15 is 0 Å². The van der Waals surface area contributed by atoms with Crippen LogP contribution in [0.25, 0.3) is 10.9 Å². The first-order chi connectivity index (χ1) is 17.2. The van der Waals surface area contributed by atoms with Gasteiger partial charge in [0, 0.05) is 27.2 Å². The predicted octanol–water partition coefficient (Wildman–Crippen LogP) is 6.35. The lowest BCUT2D eigenvalue weighted by Gasteiger charge is -2.13. The van der Waals surface area contributed by atoms with Crippen molar-refractivity contribution in [1.82, 2.24) is 9.66 Å². The molecule has 0 fully saturated rings. The number of rotatable bonds is 7. The number of fused-ring (bicyclic) bond motifs is 1. The molecule has 3 aromatic carbocycles. The number of nitrogens with zero attached hydrogens (tertiary/aromatic N) is 3. The van der Waals surface area contributed by atoms with Gasteiger partial charge in [-0.05, 0) is 65.3 Å². The van der Waals surface area contributed by atoms with Gasteiger partial charge in [0.25, 0.3) is 11.5 Å². The van der Waals surface area contributed by atoms with Gasteiger partial charge >= 0.3 is 0 Å². The van der Waals surface area contributed by atoms with E-state index in [0.29, 0.717) is 49.6 Å². The molecule has 4 rings (SSSR count). The van der Waals surface area contributed by atoms with Crippen LogP contribution in [-0.4, -0.2) is 28.4 Å². The molecule has 0 aliphatic heterocycles. The Hall–Kier alpha value is -3.01. The molecule has 0 spiro atoms. The van der Waals surface area contributed by atoms with Gasteiger partial charge < -0.3 is 10.1 Å². The molecular formula is C26H21Br2ClN4O3. The van der Waals surface area contributed by atoms with Crippen molar-refractivity contribution < 1.29 is 9.53 Å². The quantitative estimate of drug-likeness (QED) is 0.241. The Labute approximate surface area is 229 Å². The maximum Gasteiger partial charge on any atom is 0.282 e. The highest BCUT2D eigenvalue weighted by atomic mass is 79.9. The van der Waals surface area contributed by atoms with Crippen LogP contribution in [0.15, 0.2) is 73.4 Å². The van der Waals surface area contributed by atoms with E-state index in [9.17, 15) is 9.59 Å². The second kappa shape index (κ2) is 11.4. The van der Waals surface area contributed by atoms with Crippen molar-refractivity contribution >= 4 is 72.2 Å². The zero-order chi connectivity index (χ0) is 25.8. The number of amides is 1. The Morgan fingerprint density at radius 2 is 1.92 bits per heavy atom. The number of hydrogen-bond donors (Lipinski definition) is 1. The summed E-state index contributed by atoms with van der Waals surface area (Å²) in [6.45, 7) is 3.64. The van der Waals surface area contributed by atoms with Crippen LogP contribution < -0.4 is 15.6 Å². The van der Waals surface area contributed by atoms with Crippen LogP contribution in [0.4, 0.5) is 5.69 Å². The number of ether oxygens (including phenoxy) is 1. The number of carbonyl (C=O) groups excluding carboxylic acids is 1. The van der Waals surface area contributed by atoms with Crippen molar-refractivity contribution in [2.24, 2.45) is 5.10 Å². The summed E-state index contributed by atoms with van der Waals surface area (Å²) >= 11 is 13.1. The minimum absolute atomic E-state index is 0.235. The van der Waals surface area contributed by atoms with E-state index in [0.717, 1.165) is 10.0 Å². The highest BCUT2D eigenvalue weighted by molar-refractivity contribution is 9.10. The van der Waals surface area contributed by atoms with E-state index in [1.54, 1.807) is 24.3 Å². The van der Waals surface area contributed by atoms with E-state index in [2.05, 4.69) is 47.3 Å². The molecule has 0 unspecified atom stereocenters. The fraction of sp³-hybridized carbons (Fsp3) is 0.154. The number of hydrogen-bond acceptors (Lipinski definition) is 5. The monoisotopic (exact) mass is 630 g/mol. The minimum atomic E-state index is -0.322. The Morgan fingerprint density at radius 1 is 1.17 bits per heavy atom. The first kappa shape index (κ1) is 26.1. The predicted molar refractivity (Wildman–Crippen MR) is 151 cm³/mol. The van der Waals surface area contributed by atoms with Crippen molar-refractivity contribution in [2.45, 2.75) is 20.3 Å². The smallest absolute Gasteiger partial charge is 0.282 e. The van der Waals surface area contributed by atoms with Crippen LogP contribution in [0.3, 0.4) is 0 Å². The molecule has 10 heteroatoms. The second-order valence-corrected chi connectivity index (χ2v) is 10.1. The SMILES string of the molecule is CCc1nc2ccc(Br)cc2c(=O)n1N=Cc1cc(Cl)cc(Br)c1OCC(=O)Nc1ccc(C)cc1. The summed E-state index contributed by atoms with van der Waals surface area (Å²) < 4.78 is 8.40. The molecule has 7 nitrogen and oxygen atoms in total. The van der Waals surface area contributed by atoms with Crippen LogP contribution in [-0.2, 0) is 11.2 Å². The number of aromatic nitrogens is 2. The molecule has 1 amide bonds. The van der Waals surface area contributed by atoms with E-state index < -0.39 is 0 Å². The van der Waals surface area contributed by atoms with E-state index in [1.165, 1.54) is 10.9 Å². The molecular weight excluding hydrogens is 612 g/mol. The largest absolute Gasteiger partial charge is 0.482 e. The zero-order valence-corrected chi connectivity index (χ0v) is 23.3. The summed E-state index contributed by atoms with van der Waals surface area (Å²) in [5, 5.41) is 8.08. The molecule has 0 atom stereocenters. The number of nitrogens with one attached hydrogen (secondary N) is 1. The maximum absolute atomic E-state index is 13.2. The number of benzene rings is 3. The van der Waals surface area contributed by atoms with Crippen LogP contribution in [0.1, 0.15) is 23.9 Å². The van der Waals surface area contributed by atoms with Crippen molar-refractivity contribution in [3.05, 3.63) is 95.9 Å². The molecule has 0 aliphatic carbocycles. The van der Waals surface area contributed by atoms with Gasteiger partial charge in [-0.25, -0.2) is 4.98 Å². The molecule has 1 aromatic heterocycles. The standard InChI is InChI=1S/C26H21Br2ClN4O3/c1-3-23-32-22-9-6-17(27)11-20(22)26(35)33(23)30-13-16-10-18(29)12-21(28)25(16)36-14-24(34)31-19-7-4-15(2)5-8-19/h4-13H,3,14H2,1-2H3,(H,31,34). The first-order valence-electron chi connectivity index (χ1n) is 11.0. The molecule has 1 N–H and O–H groups in total. The number of aryl methyl sites for hydroxylation is 2. The fourth-order valence-electron chi connectivity index (χ4n) is 3.46. The number of halogens is 3. The third-order valence-corrected chi connectivity index (χ3v) is 6.52. The number of anilines is 1. The molecule has 184 valence electrons. The summed E-state index contributed by atoms with van der Waals surface area (Å²) in [6.07, 6.45) is 1.97. The first-order valence-corrected chi connectivity index (χ1v) is 13.0. The molecule has 0 bridgehead atoms. The number of carbonyl (C=O) groups is 1. The molecule has 0 radical (unpaired) electrons. The fourth-order valence-corrected chi connectivity index (χ4v) is 4.77. The Morgan fingerprint density at radius 3 is 2.64 bits per heavy atom. The lowest BCUT2D eigenvalue weighted by molar-refractivity contribution is -0.118. The molecule has 0 saturated heterocycles. The Bertz CT molecular complexity index is 1540. The summed E-state index contributed by atoms with van der Waals surface area (Å²) in [6, 6.07) is 16.1. The van der Waals surface area contributed by atoms with Gasteiger partial charge in [-0.1, -0.05) is 52.2 Å². The lowest BCUT2D eigenvalue weighted by atomic mass is 10.2. The summed E-state index contributed by atoms with van der Waals surface area (Å²) in [7, 11) is 0.